The quantitative estimate of drug-likeness (QED) is 0.477. The van der Waals surface area contributed by atoms with Crippen LogP contribution in [0, 0.1) is 22.7 Å². The van der Waals surface area contributed by atoms with E-state index < -0.39 is 0 Å². The van der Waals surface area contributed by atoms with Gasteiger partial charge in [-0.1, -0.05) is 68.2 Å². The molecule has 5 aliphatic carbocycles. The minimum Gasteiger partial charge on any atom is -0.372 e. The third kappa shape index (κ3) is 3.25. The van der Waals surface area contributed by atoms with Gasteiger partial charge in [0.05, 0.1) is 0 Å². The van der Waals surface area contributed by atoms with Crippen LogP contribution in [0.3, 0.4) is 0 Å². The Morgan fingerprint density at radius 3 is 2.23 bits per heavy atom. The van der Waals surface area contributed by atoms with Gasteiger partial charge in [0.25, 0.3) is 0 Å². The highest BCUT2D eigenvalue weighted by molar-refractivity contribution is 5.47. The van der Waals surface area contributed by atoms with Gasteiger partial charge in [0, 0.05) is 11.5 Å². The Balaban J connectivity index is 0.000000183. The van der Waals surface area contributed by atoms with Crippen molar-refractivity contribution in [1.82, 2.24) is 0 Å². The first-order valence-corrected chi connectivity index (χ1v) is 12.1. The van der Waals surface area contributed by atoms with Crippen LogP contribution in [0.15, 0.2) is 42.0 Å². The zero-order valence-electron chi connectivity index (χ0n) is 18.9. The predicted octanol–water partition coefficient (Wildman–Crippen LogP) is 5.48. The molecule has 1 aromatic carbocycles. The SMILES string of the molecule is C/C=C1/C2CC3(C)CC4(c5ccccc5)CC1C4(C2)C3.NC1CCCCC1.NC=O. The third-order valence-corrected chi connectivity index (χ3v) is 9.18. The monoisotopic (exact) mass is 408 g/mol. The summed E-state index contributed by atoms with van der Waals surface area (Å²) in [6.45, 7) is 4.87. The lowest BCUT2D eigenvalue weighted by atomic mass is 9.44. The Hall–Kier alpha value is -1.61. The molecule has 30 heavy (non-hydrogen) atoms. The van der Waals surface area contributed by atoms with Crippen LogP contribution in [0.4, 0.5) is 0 Å². The molecule has 1 aromatic rings. The fourth-order valence-electron chi connectivity index (χ4n) is 8.50. The van der Waals surface area contributed by atoms with Gasteiger partial charge in [-0.2, -0.15) is 0 Å². The smallest absolute Gasteiger partial charge is 0.204 e. The van der Waals surface area contributed by atoms with Gasteiger partial charge in [-0.3, -0.25) is 4.79 Å². The van der Waals surface area contributed by atoms with Crippen LogP contribution in [0.25, 0.3) is 0 Å². The molecule has 3 heteroatoms. The third-order valence-electron chi connectivity index (χ3n) is 9.18. The second-order valence-corrected chi connectivity index (χ2v) is 11.0. The molecule has 5 aliphatic rings. The summed E-state index contributed by atoms with van der Waals surface area (Å²) >= 11 is 0. The van der Waals surface area contributed by atoms with Gasteiger partial charge in [-0.15, -0.1) is 0 Å². The van der Waals surface area contributed by atoms with Crippen molar-refractivity contribution in [2.24, 2.45) is 34.1 Å². The van der Waals surface area contributed by atoms with E-state index in [1.807, 2.05) is 5.57 Å². The predicted molar refractivity (Wildman–Crippen MR) is 124 cm³/mol. The minimum absolute atomic E-state index is 0.250. The van der Waals surface area contributed by atoms with E-state index >= 15 is 0 Å². The zero-order chi connectivity index (χ0) is 21.4. The van der Waals surface area contributed by atoms with E-state index in [4.69, 9.17) is 10.5 Å². The highest BCUT2D eigenvalue weighted by atomic mass is 16.1. The number of primary amides is 1. The molecule has 1 amide bonds. The van der Waals surface area contributed by atoms with E-state index in [-0.39, 0.29) is 6.41 Å². The average molecular weight is 409 g/mol. The van der Waals surface area contributed by atoms with Crippen molar-refractivity contribution in [3.05, 3.63) is 47.5 Å². The molecule has 0 aromatic heterocycles. The van der Waals surface area contributed by atoms with Crippen LogP contribution < -0.4 is 11.5 Å². The van der Waals surface area contributed by atoms with Crippen LogP contribution in [-0.2, 0) is 10.2 Å². The second kappa shape index (κ2) is 8.15. The number of allylic oxidation sites excluding steroid dienone is 2. The van der Waals surface area contributed by atoms with Gasteiger partial charge in [0.2, 0.25) is 6.41 Å². The first-order chi connectivity index (χ1) is 14.4. The normalized spacial score (nSPS) is 41.8. The van der Waals surface area contributed by atoms with Crippen molar-refractivity contribution in [2.75, 3.05) is 0 Å². The molecule has 4 N–H and O–H groups in total. The van der Waals surface area contributed by atoms with Gasteiger partial charge >= 0.3 is 0 Å². The van der Waals surface area contributed by atoms with Crippen molar-refractivity contribution in [3.8, 4) is 0 Å². The molecular formula is C27H40N2O. The van der Waals surface area contributed by atoms with Crippen molar-refractivity contribution in [1.29, 1.82) is 0 Å². The lowest BCUT2D eigenvalue weighted by Gasteiger charge is -2.59. The largest absolute Gasteiger partial charge is 0.372 e. The number of nitrogens with two attached hydrogens (primary N) is 2. The lowest BCUT2D eigenvalue weighted by molar-refractivity contribution is -0.106. The first-order valence-electron chi connectivity index (χ1n) is 12.1. The Morgan fingerprint density at radius 2 is 1.67 bits per heavy atom. The highest BCUT2D eigenvalue weighted by Gasteiger charge is 2.78. The first kappa shape index (κ1) is 21.6. The van der Waals surface area contributed by atoms with Crippen molar-refractivity contribution >= 4 is 6.41 Å². The summed E-state index contributed by atoms with van der Waals surface area (Å²) in [5.41, 5.74) is 15.0. The molecular weight excluding hydrogens is 368 g/mol. The summed E-state index contributed by atoms with van der Waals surface area (Å²) in [5, 5.41) is 0. The van der Waals surface area contributed by atoms with E-state index in [0.717, 1.165) is 11.8 Å². The van der Waals surface area contributed by atoms with Gasteiger partial charge in [-0.25, -0.2) is 0 Å². The number of fused-ring (bicyclic) bond motifs is 2. The van der Waals surface area contributed by atoms with E-state index in [1.54, 1.807) is 5.56 Å². The van der Waals surface area contributed by atoms with E-state index in [2.05, 4.69) is 56.0 Å². The van der Waals surface area contributed by atoms with E-state index in [0.29, 0.717) is 22.3 Å². The Labute approximate surface area is 182 Å². The fraction of sp³-hybridized carbons (Fsp3) is 0.667. The van der Waals surface area contributed by atoms with Gasteiger partial charge in [-0.05, 0) is 80.1 Å². The van der Waals surface area contributed by atoms with Crippen molar-refractivity contribution < 1.29 is 4.79 Å². The van der Waals surface area contributed by atoms with Crippen LogP contribution in [0.2, 0.25) is 0 Å². The molecule has 5 unspecified atom stereocenters. The summed E-state index contributed by atoms with van der Waals surface area (Å²) in [6.07, 6.45) is 16.7. The molecule has 6 rings (SSSR count). The van der Waals surface area contributed by atoms with Crippen LogP contribution in [0.1, 0.15) is 83.6 Å². The Morgan fingerprint density at radius 1 is 1.00 bits per heavy atom. The average Bonchev–Trinajstić information content (AvgIpc) is 3.01. The summed E-state index contributed by atoms with van der Waals surface area (Å²) in [5.74, 6) is 1.83. The molecule has 5 atom stereocenters. The fourth-order valence-corrected chi connectivity index (χ4v) is 8.50. The maximum atomic E-state index is 8.58. The van der Waals surface area contributed by atoms with Crippen LogP contribution >= 0.6 is 0 Å². The zero-order valence-corrected chi connectivity index (χ0v) is 18.9. The number of hydrogen-bond acceptors (Lipinski definition) is 2. The van der Waals surface area contributed by atoms with Gasteiger partial charge < -0.3 is 11.5 Å². The number of benzene rings is 1. The molecule has 0 aliphatic heterocycles. The Bertz CT molecular complexity index is 783. The van der Waals surface area contributed by atoms with Gasteiger partial charge in [0.1, 0.15) is 0 Å². The number of carbonyl (C=O) groups excluding carboxylic acids is 1. The summed E-state index contributed by atoms with van der Waals surface area (Å²) in [6, 6.07) is 12.0. The molecule has 3 nitrogen and oxygen atoms in total. The maximum Gasteiger partial charge on any atom is 0.204 e. The lowest BCUT2D eigenvalue weighted by Crippen LogP contribution is -2.55. The molecule has 164 valence electrons. The second-order valence-electron chi connectivity index (χ2n) is 11.0. The topological polar surface area (TPSA) is 69.1 Å². The van der Waals surface area contributed by atoms with Gasteiger partial charge in [0.15, 0.2) is 0 Å². The van der Waals surface area contributed by atoms with E-state index in [1.165, 1.54) is 64.2 Å². The van der Waals surface area contributed by atoms with E-state index in [9.17, 15) is 0 Å². The van der Waals surface area contributed by atoms with Crippen molar-refractivity contribution in [3.63, 3.8) is 0 Å². The minimum atomic E-state index is 0.250. The van der Waals surface area contributed by atoms with Crippen LogP contribution in [-0.4, -0.2) is 12.5 Å². The summed E-state index contributed by atoms with van der Waals surface area (Å²) in [4.78, 5) is 8.58. The maximum absolute atomic E-state index is 8.58. The number of rotatable bonds is 1. The molecule has 1 spiro atoms. The number of hydrogen-bond donors (Lipinski definition) is 2. The molecule has 5 saturated carbocycles. The summed E-state index contributed by atoms with van der Waals surface area (Å²) < 4.78 is 0. The van der Waals surface area contributed by atoms with Crippen LogP contribution in [0.5, 0.6) is 0 Å². The summed E-state index contributed by atoms with van der Waals surface area (Å²) in [7, 11) is 0. The molecule has 0 radical (unpaired) electrons. The molecule has 0 saturated heterocycles. The Kier molecular flexibility index (Phi) is 5.87. The van der Waals surface area contributed by atoms with Crippen molar-refractivity contribution in [2.45, 2.75) is 89.5 Å². The molecule has 0 heterocycles. The number of amides is 1. The highest BCUT2D eigenvalue weighted by Crippen LogP contribution is 2.85. The molecule has 3 bridgehead atoms. The standard InChI is InChI=1S/C20H24.C6H13N.CH3NO/c1-3-16-14-9-18(2)12-19(15-7-5-4-6-8-15)11-17(16)20(19,10-14)13-18;7-6-4-2-1-3-5-6;2-1-3/h3-8,14,17H,9-13H2,1-2H3;6H,1-5,7H2;1H,(H2,2,3)/b16-3-;;. The molecule has 5 fully saturated rings. The number of carbonyl (C=O) groups is 1.